The van der Waals surface area contributed by atoms with E-state index in [9.17, 15) is 16.8 Å². The summed E-state index contributed by atoms with van der Waals surface area (Å²) in [6.45, 7) is 0.880. The minimum absolute atomic E-state index is 0.0847. The minimum atomic E-state index is -3.58. The molecule has 0 spiro atoms. The number of fused-ring (bicyclic) bond motifs is 1. The summed E-state index contributed by atoms with van der Waals surface area (Å²) < 4.78 is 54.0. The van der Waals surface area contributed by atoms with Gasteiger partial charge in [-0.05, 0) is 60.7 Å². The molecule has 2 heterocycles. The highest BCUT2D eigenvalue weighted by Crippen LogP contribution is 2.31. The van der Waals surface area contributed by atoms with Gasteiger partial charge in [-0.3, -0.25) is 4.98 Å². The second-order valence-electron chi connectivity index (χ2n) is 9.18. The van der Waals surface area contributed by atoms with Crippen molar-refractivity contribution in [1.29, 1.82) is 0 Å². The summed E-state index contributed by atoms with van der Waals surface area (Å²) in [5.74, 6) is 0.772. The van der Waals surface area contributed by atoms with Gasteiger partial charge in [0.15, 0.2) is 0 Å². The molecular weight excluding hydrogens is 534 g/mol. The molecule has 10 heteroatoms. The van der Waals surface area contributed by atoms with Crippen LogP contribution in [0.25, 0.3) is 22.2 Å². The highest BCUT2D eigenvalue weighted by atomic mass is 32.2. The summed E-state index contributed by atoms with van der Waals surface area (Å²) in [6.07, 6.45) is 4.58. The van der Waals surface area contributed by atoms with Gasteiger partial charge in [0.25, 0.3) is 0 Å². The van der Waals surface area contributed by atoms with Crippen molar-refractivity contribution in [3.8, 4) is 11.3 Å². The average Bonchev–Trinajstić information content (AvgIpc) is 3.40. The van der Waals surface area contributed by atoms with Crippen molar-refractivity contribution < 1.29 is 21.3 Å². The molecule has 0 atom stereocenters. The molecule has 2 aromatic heterocycles. The first-order chi connectivity index (χ1) is 18.7. The number of hydrogen-bond acceptors (Lipinski definition) is 8. The van der Waals surface area contributed by atoms with Gasteiger partial charge < -0.3 is 15.1 Å². The number of pyridine rings is 1. The number of benzene rings is 3. The van der Waals surface area contributed by atoms with Crippen LogP contribution in [0.4, 0.5) is 11.4 Å². The molecule has 0 amide bonds. The molecule has 3 aromatic carbocycles. The van der Waals surface area contributed by atoms with Crippen molar-refractivity contribution >= 4 is 42.0 Å². The number of furan rings is 1. The van der Waals surface area contributed by atoms with Crippen LogP contribution in [0, 0.1) is 0 Å². The summed E-state index contributed by atoms with van der Waals surface area (Å²) in [5.41, 5.74) is 4.13. The fraction of sp³-hybridized carbons (Fsp3) is 0.138. The highest BCUT2D eigenvalue weighted by Gasteiger charge is 2.17. The second kappa shape index (κ2) is 11.0. The van der Waals surface area contributed by atoms with Gasteiger partial charge in [-0.2, -0.15) is 0 Å². The number of rotatable bonds is 10. The first-order valence-electron chi connectivity index (χ1n) is 12.2. The number of anilines is 2. The van der Waals surface area contributed by atoms with E-state index in [4.69, 9.17) is 4.42 Å². The Morgan fingerprint density at radius 2 is 1.59 bits per heavy atom. The lowest BCUT2D eigenvalue weighted by Gasteiger charge is -2.11. The molecule has 0 saturated heterocycles. The summed E-state index contributed by atoms with van der Waals surface area (Å²) in [7, 11) is -6.58. The van der Waals surface area contributed by atoms with Crippen molar-refractivity contribution in [2.75, 3.05) is 23.9 Å². The van der Waals surface area contributed by atoms with Crippen molar-refractivity contribution in [1.82, 2.24) is 10.3 Å². The van der Waals surface area contributed by atoms with Crippen LogP contribution in [0.5, 0.6) is 0 Å². The monoisotopic (exact) mass is 561 g/mol. The normalized spacial score (nSPS) is 12.0. The summed E-state index contributed by atoms with van der Waals surface area (Å²) in [6, 6.07) is 24.7. The van der Waals surface area contributed by atoms with Crippen LogP contribution < -0.4 is 10.6 Å². The number of hydrogen-bond donors (Lipinski definition) is 2. The Bertz CT molecular complexity index is 1820. The number of nitrogens with one attached hydrogen (secondary N) is 2. The Kier molecular flexibility index (Phi) is 7.51. The van der Waals surface area contributed by atoms with Crippen LogP contribution in [0.15, 0.2) is 112 Å². The van der Waals surface area contributed by atoms with Crippen LogP contribution in [-0.2, 0) is 26.2 Å². The Balaban J connectivity index is 1.30. The zero-order valence-corrected chi connectivity index (χ0v) is 22.8. The molecule has 0 bridgehead atoms. The van der Waals surface area contributed by atoms with Crippen LogP contribution in [0.2, 0.25) is 0 Å². The summed E-state index contributed by atoms with van der Waals surface area (Å²) in [5, 5.41) is 7.37. The molecule has 0 aliphatic carbocycles. The molecule has 5 rings (SSSR count). The maximum Gasteiger partial charge on any atom is 0.206 e. The quantitative estimate of drug-likeness (QED) is 0.223. The van der Waals surface area contributed by atoms with Crippen molar-refractivity contribution in [2.24, 2.45) is 0 Å². The molecule has 0 fully saturated rings. The molecule has 0 radical (unpaired) electrons. The van der Waals surface area contributed by atoms with Crippen molar-refractivity contribution in [3.63, 3.8) is 0 Å². The molecular formula is C29H27N3O5S2. The van der Waals surface area contributed by atoms with Crippen LogP contribution >= 0.6 is 0 Å². The van der Waals surface area contributed by atoms with Gasteiger partial charge in [0.05, 0.1) is 27.3 Å². The second-order valence-corrected chi connectivity index (χ2v) is 13.4. The highest BCUT2D eigenvalue weighted by molar-refractivity contribution is 7.91. The van der Waals surface area contributed by atoms with E-state index in [2.05, 4.69) is 15.6 Å². The topological polar surface area (TPSA) is 118 Å². The fourth-order valence-corrected chi connectivity index (χ4v) is 5.93. The van der Waals surface area contributed by atoms with E-state index in [1.165, 1.54) is 6.26 Å². The first-order valence-corrected chi connectivity index (χ1v) is 15.8. The maximum atomic E-state index is 12.9. The van der Waals surface area contributed by atoms with Gasteiger partial charge in [-0.25, -0.2) is 16.8 Å². The third kappa shape index (κ3) is 6.36. The zero-order valence-electron chi connectivity index (χ0n) is 21.2. The van der Waals surface area contributed by atoms with E-state index < -0.39 is 19.7 Å². The van der Waals surface area contributed by atoms with Gasteiger partial charge in [0.1, 0.15) is 15.6 Å². The summed E-state index contributed by atoms with van der Waals surface area (Å²) in [4.78, 5) is 5.00. The van der Waals surface area contributed by atoms with Crippen LogP contribution in [0.1, 0.15) is 5.56 Å². The number of sulfone groups is 2. The molecule has 39 heavy (non-hydrogen) atoms. The lowest BCUT2D eigenvalue weighted by molar-refractivity contribution is 0.574. The Hall–Kier alpha value is -3.99. The van der Waals surface area contributed by atoms with Crippen molar-refractivity contribution in [3.05, 3.63) is 103 Å². The molecule has 8 nitrogen and oxygen atoms in total. The Labute approximate surface area is 227 Å². The number of nitrogens with zero attached hydrogens (tertiary/aromatic N) is 1. The summed E-state index contributed by atoms with van der Waals surface area (Å²) >= 11 is 0. The van der Waals surface area contributed by atoms with E-state index >= 15 is 0 Å². The zero-order chi connectivity index (χ0) is 27.5. The Morgan fingerprint density at radius 3 is 2.33 bits per heavy atom. The molecule has 5 aromatic rings. The molecule has 0 saturated carbocycles. The van der Waals surface area contributed by atoms with Gasteiger partial charge in [0, 0.05) is 53.4 Å². The smallest absolute Gasteiger partial charge is 0.206 e. The van der Waals surface area contributed by atoms with Gasteiger partial charge in [-0.15, -0.1) is 0 Å². The fourth-order valence-electron chi connectivity index (χ4n) is 4.13. The lowest BCUT2D eigenvalue weighted by Crippen LogP contribution is -2.21. The predicted molar refractivity (Wildman–Crippen MR) is 152 cm³/mol. The lowest BCUT2D eigenvalue weighted by atomic mass is 10.1. The predicted octanol–water partition coefficient (Wildman–Crippen LogP) is 5.21. The third-order valence-corrected chi connectivity index (χ3v) is 8.89. The van der Waals surface area contributed by atoms with Gasteiger partial charge in [-0.1, -0.05) is 24.3 Å². The van der Waals surface area contributed by atoms with Crippen LogP contribution in [-0.4, -0.2) is 40.4 Å². The number of aromatic nitrogens is 1. The van der Waals surface area contributed by atoms with Gasteiger partial charge >= 0.3 is 0 Å². The minimum Gasteiger partial charge on any atom is -0.464 e. The standard InChI is InChI=1S/C29H27N3O5S2/c1-38(33,34)16-15-30-19-21-17-29(37-20-21)22-7-12-26-27(13-14-31-28(26)18-22)32-23-8-10-25(11-9-23)39(35,36)24-5-3-2-4-6-24/h2-14,17-18,20,30H,15-16,19H2,1H3,(H,31,32). The molecule has 0 unspecified atom stereocenters. The molecule has 0 aliphatic rings. The van der Waals surface area contributed by atoms with Crippen molar-refractivity contribution in [2.45, 2.75) is 16.3 Å². The average molecular weight is 562 g/mol. The van der Waals surface area contributed by atoms with Crippen LogP contribution in [0.3, 0.4) is 0 Å². The SMILES string of the molecule is CS(=O)(=O)CCNCc1coc(-c2ccc3c(Nc4ccc(S(=O)(=O)c5ccccc5)cc4)ccnc3c2)c1. The third-order valence-electron chi connectivity index (χ3n) is 6.16. The van der Waals surface area contributed by atoms with Gasteiger partial charge in [0.2, 0.25) is 9.84 Å². The molecule has 200 valence electrons. The largest absolute Gasteiger partial charge is 0.464 e. The van der Waals surface area contributed by atoms with E-state index in [1.54, 1.807) is 67.1 Å². The molecule has 0 aliphatic heterocycles. The Morgan fingerprint density at radius 1 is 0.846 bits per heavy atom. The first kappa shape index (κ1) is 26.6. The van der Waals surface area contributed by atoms with E-state index in [-0.39, 0.29) is 15.5 Å². The maximum absolute atomic E-state index is 12.9. The van der Waals surface area contributed by atoms with E-state index in [0.29, 0.717) is 18.8 Å². The van der Waals surface area contributed by atoms with E-state index in [1.807, 2.05) is 30.3 Å². The molecule has 2 N–H and O–H groups in total. The van der Waals surface area contributed by atoms with E-state index in [0.717, 1.165) is 33.4 Å².